The predicted octanol–water partition coefficient (Wildman–Crippen LogP) is 5.24. The van der Waals surface area contributed by atoms with Crippen LogP contribution in [0.2, 0.25) is 0 Å². The number of aromatic nitrogens is 2. The molecule has 1 atom stereocenters. The van der Waals surface area contributed by atoms with E-state index in [0.717, 1.165) is 6.42 Å². The van der Waals surface area contributed by atoms with Gasteiger partial charge < -0.3 is 5.11 Å². The van der Waals surface area contributed by atoms with Crippen molar-refractivity contribution < 1.29 is 18.7 Å². The number of carbonyl (C=O) groups excluding carboxylic acids is 1. The average Bonchev–Trinajstić information content (AvgIpc) is 3.13. The Labute approximate surface area is 181 Å². The van der Waals surface area contributed by atoms with Gasteiger partial charge in [-0.1, -0.05) is 27.3 Å². The molecule has 1 amide bonds. The van der Waals surface area contributed by atoms with Crippen molar-refractivity contribution in [1.82, 2.24) is 9.55 Å². The van der Waals surface area contributed by atoms with Crippen molar-refractivity contribution in [3.05, 3.63) is 53.6 Å². The van der Waals surface area contributed by atoms with E-state index in [2.05, 4.69) is 10.3 Å². The van der Waals surface area contributed by atoms with Crippen LogP contribution in [0, 0.1) is 23.0 Å². The minimum atomic E-state index is -1.09. The number of halogens is 2. The van der Waals surface area contributed by atoms with Crippen molar-refractivity contribution in [2.75, 3.05) is 5.32 Å². The summed E-state index contributed by atoms with van der Waals surface area (Å²) in [6.07, 6.45) is 0.890. The first-order valence-electron chi connectivity index (χ1n) is 9.95. The SMILES string of the molecule is C.CC(C)(O)Cc1ccc2nc(NC(=O)[C@H]3CC3(C)C)n(-c3ccc(F)cc3)c2c1F. The lowest BCUT2D eigenvalue weighted by Gasteiger charge is -2.18. The normalized spacial score (nSPS) is 17.3. The Morgan fingerprint density at radius 2 is 1.84 bits per heavy atom. The smallest absolute Gasteiger partial charge is 0.230 e. The number of imidazole rings is 1. The minimum absolute atomic E-state index is 0. The summed E-state index contributed by atoms with van der Waals surface area (Å²) in [5.74, 6) is -1.07. The molecular formula is C24H29F2N3O2. The molecule has 5 nitrogen and oxygen atoms in total. The van der Waals surface area contributed by atoms with Gasteiger partial charge in [0.15, 0.2) is 5.82 Å². The molecule has 4 rings (SSSR count). The number of carbonyl (C=O) groups is 1. The van der Waals surface area contributed by atoms with Gasteiger partial charge >= 0.3 is 0 Å². The molecule has 0 spiro atoms. The number of hydrogen-bond donors (Lipinski definition) is 2. The summed E-state index contributed by atoms with van der Waals surface area (Å²) in [4.78, 5) is 17.1. The van der Waals surface area contributed by atoms with Crippen LogP contribution < -0.4 is 5.32 Å². The van der Waals surface area contributed by atoms with Gasteiger partial charge in [-0.3, -0.25) is 14.7 Å². The van der Waals surface area contributed by atoms with E-state index >= 15 is 4.39 Å². The summed E-state index contributed by atoms with van der Waals surface area (Å²) in [6, 6.07) is 8.82. The lowest BCUT2D eigenvalue weighted by atomic mass is 9.98. The molecule has 166 valence electrons. The minimum Gasteiger partial charge on any atom is -0.390 e. The number of fused-ring (bicyclic) bond motifs is 1. The van der Waals surface area contributed by atoms with Gasteiger partial charge in [0.05, 0.1) is 11.1 Å². The Hall–Kier alpha value is -2.80. The largest absolute Gasteiger partial charge is 0.390 e. The first-order valence-corrected chi connectivity index (χ1v) is 9.95. The third kappa shape index (κ3) is 4.46. The third-order valence-electron chi connectivity index (χ3n) is 5.61. The fraction of sp³-hybridized carbons (Fsp3) is 0.417. The van der Waals surface area contributed by atoms with E-state index in [1.54, 1.807) is 26.0 Å². The van der Waals surface area contributed by atoms with Gasteiger partial charge in [-0.15, -0.1) is 0 Å². The molecule has 3 aromatic rings. The maximum absolute atomic E-state index is 15.5. The molecule has 1 fully saturated rings. The van der Waals surface area contributed by atoms with Gasteiger partial charge in [0.25, 0.3) is 0 Å². The topological polar surface area (TPSA) is 67.2 Å². The lowest BCUT2D eigenvalue weighted by molar-refractivity contribution is -0.118. The summed E-state index contributed by atoms with van der Waals surface area (Å²) in [6.45, 7) is 7.25. The first kappa shape index (κ1) is 22.9. The molecule has 1 heterocycles. The Balaban J connectivity index is 0.00000272. The van der Waals surface area contributed by atoms with Gasteiger partial charge in [-0.05, 0) is 61.6 Å². The number of benzene rings is 2. The quantitative estimate of drug-likeness (QED) is 0.583. The molecule has 0 saturated heterocycles. The molecule has 2 N–H and O–H groups in total. The molecule has 0 bridgehead atoms. The van der Waals surface area contributed by atoms with Crippen LogP contribution in [0.1, 0.15) is 47.1 Å². The van der Waals surface area contributed by atoms with E-state index in [9.17, 15) is 14.3 Å². The molecule has 1 saturated carbocycles. The van der Waals surface area contributed by atoms with Gasteiger partial charge in [-0.2, -0.15) is 0 Å². The van der Waals surface area contributed by atoms with Crippen LogP contribution in [0.4, 0.5) is 14.7 Å². The first-order chi connectivity index (χ1) is 14.0. The lowest BCUT2D eigenvalue weighted by Crippen LogP contribution is -2.22. The summed E-state index contributed by atoms with van der Waals surface area (Å²) in [5, 5.41) is 13.0. The van der Waals surface area contributed by atoms with Crippen molar-refractivity contribution in [1.29, 1.82) is 0 Å². The van der Waals surface area contributed by atoms with Crippen molar-refractivity contribution in [2.24, 2.45) is 11.3 Å². The summed E-state index contributed by atoms with van der Waals surface area (Å²) in [5.41, 5.74) is 0.185. The molecule has 31 heavy (non-hydrogen) atoms. The van der Waals surface area contributed by atoms with Crippen LogP contribution in [-0.2, 0) is 11.2 Å². The second-order valence-electron chi connectivity index (χ2n) is 9.38. The maximum Gasteiger partial charge on any atom is 0.230 e. The van der Waals surface area contributed by atoms with E-state index in [0.29, 0.717) is 16.8 Å². The number of rotatable bonds is 5. The van der Waals surface area contributed by atoms with Crippen LogP contribution in [0.5, 0.6) is 0 Å². The molecular weight excluding hydrogens is 400 g/mol. The van der Waals surface area contributed by atoms with E-state index < -0.39 is 17.2 Å². The third-order valence-corrected chi connectivity index (χ3v) is 5.61. The fourth-order valence-electron chi connectivity index (χ4n) is 3.81. The number of aliphatic hydroxyl groups is 1. The maximum atomic E-state index is 15.5. The number of nitrogens with one attached hydrogen (secondary N) is 1. The molecule has 2 aromatic carbocycles. The van der Waals surface area contributed by atoms with Gasteiger partial charge in [0.1, 0.15) is 11.3 Å². The van der Waals surface area contributed by atoms with Crippen molar-refractivity contribution in [3.63, 3.8) is 0 Å². The summed E-state index contributed by atoms with van der Waals surface area (Å²) in [7, 11) is 0. The van der Waals surface area contributed by atoms with Gasteiger partial charge in [-0.25, -0.2) is 13.8 Å². The number of anilines is 1. The standard InChI is InChI=1S/C23H25F2N3O2.CH4/c1-22(2)12-16(22)20(29)27-21-26-17-10-5-13(11-23(3,4)30)18(25)19(17)28(21)15-8-6-14(24)7-9-15;/h5-10,16,30H,11-12H2,1-4H3,(H,26,27,29);1H4/t16-;/m1./s1. The molecule has 1 aliphatic rings. The molecule has 1 aromatic heterocycles. The van der Waals surface area contributed by atoms with Crippen molar-refractivity contribution in [3.8, 4) is 5.69 Å². The zero-order valence-electron chi connectivity index (χ0n) is 17.5. The van der Waals surface area contributed by atoms with E-state index in [4.69, 9.17) is 0 Å². The van der Waals surface area contributed by atoms with E-state index in [1.165, 1.54) is 28.8 Å². The number of hydrogen-bond acceptors (Lipinski definition) is 3. The Morgan fingerprint density at radius 1 is 1.23 bits per heavy atom. The van der Waals surface area contributed by atoms with Crippen LogP contribution in [0.25, 0.3) is 16.7 Å². The average molecular weight is 430 g/mol. The Morgan fingerprint density at radius 3 is 2.39 bits per heavy atom. The number of amides is 1. The van der Waals surface area contributed by atoms with Gasteiger partial charge in [0, 0.05) is 18.0 Å². The van der Waals surface area contributed by atoms with Crippen LogP contribution in [-0.4, -0.2) is 26.2 Å². The zero-order valence-corrected chi connectivity index (χ0v) is 17.5. The van der Waals surface area contributed by atoms with Gasteiger partial charge in [0.2, 0.25) is 11.9 Å². The molecule has 0 unspecified atom stereocenters. The van der Waals surface area contributed by atoms with Crippen LogP contribution in [0.15, 0.2) is 36.4 Å². The number of nitrogens with zero attached hydrogens (tertiary/aromatic N) is 2. The van der Waals surface area contributed by atoms with Crippen molar-refractivity contribution in [2.45, 2.75) is 53.6 Å². The Kier molecular flexibility index (Phi) is 5.69. The van der Waals surface area contributed by atoms with Crippen LogP contribution in [0.3, 0.4) is 0 Å². The fourth-order valence-corrected chi connectivity index (χ4v) is 3.81. The van der Waals surface area contributed by atoms with Crippen molar-refractivity contribution >= 4 is 22.9 Å². The second-order valence-corrected chi connectivity index (χ2v) is 9.38. The predicted molar refractivity (Wildman–Crippen MR) is 118 cm³/mol. The molecule has 0 radical (unpaired) electrons. The molecule has 7 heteroatoms. The highest BCUT2D eigenvalue weighted by atomic mass is 19.1. The summed E-state index contributed by atoms with van der Waals surface area (Å²) >= 11 is 0. The van der Waals surface area contributed by atoms with E-state index in [1.807, 2.05) is 13.8 Å². The summed E-state index contributed by atoms with van der Waals surface area (Å²) < 4.78 is 30.5. The zero-order chi connectivity index (χ0) is 21.8. The molecule has 0 aliphatic heterocycles. The highest BCUT2D eigenvalue weighted by Gasteiger charge is 2.50. The highest BCUT2D eigenvalue weighted by molar-refractivity contribution is 5.96. The van der Waals surface area contributed by atoms with Crippen LogP contribution >= 0.6 is 0 Å². The highest BCUT2D eigenvalue weighted by Crippen LogP contribution is 2.52. The Bertz CT molecular complexity index is 1130. The monoisotopic (exact) mass is 429 g/mol. The van der Waals surface area contributed by atoms with E-state index in [-0.39, 0.29) is 42.6 Å². The second kappa shape index (κ2) is 7.71. The molecule has 1 aliphatic carbocycles.